The van der Waals surface area contributed by atoms with Crippen molar-refractivity contribution in [3.63, 3.8) is 0 Å². The second kappa shape index (κ2) is 5.17. The molecule has 1 saturated carbocycles. The Hall–Kier alpha value is -2.00. The fourth-order valence-corrected chi connectivity index (χ4v) is 3.04. The number of nitrogen functional groups attached to an aromatic ring is 1. The number of nitrogens with zero attached hydrogens (tertiary/aromatic N) is 4. The van der Waals surface area contributed by atoms with Crippen LogP contribution in [0, 0.1) is 10.1 Å². The fraction of sp³-hybridized carbons (Fsp3) is 0.636. The first-order valence-electron chi connectivity index (χ1n) is 6.56. The van der Waals surface area contributed by atoms with Gasteiger partial charge < -0.3 is 15.1 Å². The van der Waals surface area contributed by atoms with Gasteiger partial charge >= 0.3 is 5.69 Å². The summed E-state index contributed by atoms with van der Waals surface area (Å²) in [5.74, 6) is 5.65. The molecule has 0 radical (unpaired) electrons. The molecule has 1 aliphatic carbocycles. The SMILES string of the molecule is NNc1ncnc(N2CCOC3CCCC32)c1[N+](=O)[O-]. The normalized spacial score (nSPS) is 25.4. The molecule has 2 heterocycles. The van der Waals surface area contributed by atoms with Gasteiger partial charge in [0, 0.05) is 6.54 Å². The van der Waals surface area contributed by atoms with Crippen molar-refractivity contribution in [2.24, 2.45) is 5.84 Å². The molecule has 2 atom stereocenters. The number of hydrogen-bond acceptors (Lipinski definition) is 8. The fourth-order valence-electron chi connectivity index (χ4n) is 3.04. The van der Waals surface area contributed by atoms with Crippen molar-refractivity contribution in [3.8, 4) is 0 Å². The van der Waals surface area contributed by atoms with Crippen molar-refractivity contribution >= 4 is 17.3 Å². The molecule has 1 aliphatic heterocycles. The first-order chi connectivity index (χ1) is 9.72. The number of hydrazine groups is 1. The molecular weight excluding hydrogens is 264 g/mol. The van der Waals surface area contributed by atoms with Crippen molar-refractivity contribution in [2.75, 3.05) is 23.5 Å². The average Bonchev–Trinajstić information content (AvgIpc) is 2.94. The first-order valence-corrected chi connectivity index (χ1v) is 6.56. The Morgan fingerprint density at radius 3 is 3.10 bits per heavy atom. The van der Waals surface area contributed by atoms with E-state index >= 15 is 0 Å². The summed E-state index contributed by atoms with van der Waals surface area (Å²) in [5.41, 5.74) is 2.09. The van der Waals surface area contributed by atoms with Gasteiger partial charge in [-0.05, 0) is 19.3 Å². The van der Waals surface area contributed by atoms with Gasteiger partial charge in [0.2, 0.25) is 11.6 Å². The summed E-state index contributed by atoms with van der Waals surface area (Å²) in [6.45, 7) is 1.14. The van der Waals surface area contributed by atoms with Crippen LogP contribution in [0.4, 0.5) is 17.3 Å². The van der Waals surface area contributed by atoms with Crippen LogP contribution in [-0.4, -0.2) is 40.2 Å². The van der Waals surface area contributed by atoms with E-state index in [9.17, 15) is 10.1 Å². The molecule has 0 spiro atoms. The van der Waals surface area contributed by atoms with Gasteiger partial charge in [-0.3, -0.25) is 10.1 Å². The monoisotopic (exact) mass is 280 g/mol. The number of nitro groups is 1. The topological polar surface area (TPSA) is 119 Å². The van der Waals surface area contributed by atoms with Gasteiger partial charge in [0.1, 0.15) is 6.33 Å². The summed E-state index contributed by atoms with van der Waals surface area (Å²) < 4.78 is 5.72. The van der Waals surface area contributed by atoms with Crippen LogP contribution in [0.2, 0.25) is 0 Å². The molecule has 108 valence electrons. The van der Waals surface area contributed by atoms with Crippen LogP contribution in [0.3, 0.4) is 0 Å². The lowest BCUT2D eigenvalue weighted by Gasteiger charge is -2.38. The maximum Gasteiger partial charge on any atom is 0.354 e. The van der Waals surface area contributed by atoms with E-state index in [1.54, 1.807) is 0 Å². The summed E-state index contributed by atoms with van der Waals surface area (Å²) in [7, 11) is 0. The third-order valence-corrected chi connectivity index (χ3v) is 3.88. The molecule has 2 aliphatic rings. The number of rotatable bonds is 3. The van der Waals surface area contributed by atoms with E-state index in [4.69, 9.17) is 10.6 Å². The molecule has 2 unspecified atom stereocenters. The van der Waals surface area contributed by atoms with Gasteiger partial charge in [0.25, 0.3) is 0 Å². The molecule has 1 aromatic rings. The summed E-state index contributed by atoms with van der Waals surface area (Å²) >= 11 is 0. The number of ether oxygens (including phenoxy) is 1. The van der Waals surface area contributed by atoms with Crippen molar-refractivity contribution in [1.82, 2.24) is 9.97 Å². The van der Waals surface area contributed by atoms with Crippen LogP contribution in [0.5, 0.6) is 0 Å². The highest BCUT2D eigenvalue weighted by molar-refractivity contribution is 5.70. The Labute approximate surface area is 115 Å². The Morgan fingerprint density at radius 2 is 2.35 bits per heavy atom. The maximum atomic E-state index is 11.3. The lowest BCUT2D eigenvalue weighted by atomic mass is 10.1. The molecular formula is C11H16N6O3. The number of morpholine rings is 1. The smallest absolute Gasteiger partial charge is 0.354 e. The molecule has 3 N–H and O–H groups in total. The van der Waals surface area contributed by atoms with Crippen molar-refractivity contribution in [1.29, 1.82) is 0 Å². The van der Waals surface area contributed by atoms with Crippen LogP contribution >= 0.6 is 0 Å². The number of aromatic nitrogens is 2. The predicted molar refractivity (Wildman–Crippen MR) is 71.2 cm³/mol. The Bertz CT molecular complexity index is 525. The lowest BCUT2D eigenvalue weighted by Crippen LogP contribution is -2.49. The largest absolute Gasteiger partial charge is 0.374 e. The van der Waals surface area contributed by atoms with Crippen LogP contribution in [0.15, 0.2) is 6.33 Å². The third kappa shape index (κ3) is 2.04. The third-order valence-electron chi connectivity index (χ3n) is 3.88. The zero-order valence-electron chi connectivity index (χ0n) is 10.9. The number of anilines is 2. The number of fused-ring (bicyclic) bond motifs is 1. The Kier molecular flexibility index (Phi) is 3.36. The highest BCUT2D eigenvalue weighted by Crippen LogP contribution is 2.38. The second-order valence-corrected chi connectivity index (χ2v) is 4.90. The standard InChI is InChI=1S/C11H16N6O3/c12-15-10-9(17(18)19)11(14-6-13-10)16-4-5-20-8-3-1-2-7(8)16/h6-8H,1-5,12H2,(H,13,14,15). The van der Waals surface area contributed by atoms with E-state index in [2.05, 4.69) is 15.4 Å². The zero-order valence-corrected chi connectivity index (χ0v) is 10.9. The maximum absolute atomic E-state index is 11.3. The van der Waals surface area contributed by atoms with Gasteiger partial charge in [-0.2, -0.15) is 0 Å². The van der Waals surface area contributed by atoms with Crippen LogP contribution in [0.1, 0.15) is 19.3 Å². The molecule has 2 fully saturated rings. The van der Waals surface area contributed by atoms with E-state index in [-0.39, 0.29) is 23.7 Å². The van der Waals surface area contributed by atoms with Gasteiger partial charge in [0.05, 0.1) is 23.7 Å². The predicted octanol–water partition coefficient (Wildman–Crippen LogP) is 0.428. The number of nitrogens with one attached hydrogen (secondary N) is 1. The summed E-state index contributed by atoms with van der Waals surface area (Å²) in [4.78, 5) is 20.7. The van der Waals surface area contributed by atoms with E-state index < -0.39 is 4.92 Å². The molecule has 0 bridgehead atoms. The van der Waals surface area contributed by atoms with Crippen LogP contribution in [-0.2, 0) is 4.74 Å². The van der Waals surface area contributed by atoms with Crippen LogP contribution in [0.25, 0.3) is 0 Å². The van der Waals surface area contributed by atoms with Gasteiger partial charge in [-0.25, -0.2) is 15.8 Å². The Balaban J connectivity index is 2.02. The highest BCUT2D eigenvalue weighted by Gasteiger charge is 2.40. The minimum absolute atomic E-state index is 0.0287. The Morgan fingerprint density at radius 1 is 1.50 bits per heavy atom. The van der Waals surface area contributed by atoms with Crippen molar-refractivity contribution in [3.05, 3.63) is 16.4 Å². The van der Waals surface area contributed by atoms with Crippen molar-refractivity contribution < 1.29 is 9.66 Å². The van der Waals surface area contributed by atoms with Gasteiger partial charge in [0.15, 0.2) is 0 Å². The lowest BCUT2D eigenvalue weighted by molar-refractivity contribution is -0.383. The molecule has 1 aromatic heterocycles. The molecule has 20 heavy (non-hydrogen) atoms. The van der Waals surface area contributed by atoms with Crippen molar-refractivity contribution in [2.45, 2.75) is 31.4 Å². The zero-order chi connectivity index (χ0) is 14.1. The molecule has 0 amide bonds. The number of hydrogen-bond donors (Lipinski definition) is 2. The first kappa shape index (κ1) is 13.0. The van der Waals surface area contributed by atoms with Crippen LogP contribution < -0.4 is 16.2 Å². The van der Waals surface area contributed by atoms with Gasteiger partial charge in [-0.15, -0.1) is 0 Å². The van der Waals surface area contributed by atoms with E-state index in [0.717, 1.165) is 19.3 Å². The highest BCUT2D eigenvalue weighted by atomic mass is 16.6. The second-order valence-electron chi connectivity index (χ2n) is 4.90. The van der Waals surface area contributed by atoms with E-state index in [1.165, 1.54) is 6.33 Å². The minimum Gasteiger partial charge on any atom is -0.374 e. The molecule has 9 nitrogen and oxygen atoms in total. The molecule has 3 rings (SSSR count). The van der Waals surface area contributed by atoms with Gasteiger partial charge in [-0.1, -0.05) is 0 Å². The minimum atomic E-state index is -0.496. The summed E-state index contributed by atoms with van der Waals surface area (Å²) in [6, 6.07) is 0.142. The quantitative estimate of drug-likeness (QED) is 0.464. The molecule has 0 aromatic carbocycles. The summed E-state index contributed by atoms with van der Waals surface area (Å²) in [6.07, 6.45) is 4.43. The average molecular weight is 280 g/mol. The molecule has 9 heteroatoms. The van der Waals surface area contributed by atoms with E-state index in [1.807, 2.05) is 4.90 Å². The summed E-state index contributed by atoms with van der Waals surface area (Å²) in [5, 5.41) is 11.3. The van der Waals surface area contributed by atoms with E-state index in [0.29, 0.717) is 19.0 Å². The molecule has 1 saturated heterocycles. The number of nitrogens with two attached hydrogens (primary N) is 1.